The van der Waals surface area contributed by atoms with E-state index in [1.165, 1.54) is 6.92 Å². The summed E-state index contributed by atoms with van der Waals surface area (Å²) in [6, 6.07) is 6.69. The van der Waals surface area contributed by atoms with Gasteiger partial charge in [-0.1, -0.05) is 32.9 Å². The first-order valence-electron chi connectivity index (χ1n) is 8.64. The van der Waals surface area contributed by atoms with E-state index in [-0.39, 0.29) is 28.7 Å². The van der Waals surface area contributed by atoms with Crippen molar-refractivity contribution in [3.63, 3.8) is 0 Å². The highest BCUT2D eigenvalue weighted by atomic mass is 32.2. The van der Waals surface area contributed by atoms with Gasteiger partial charge in [0.05, 0.1) is 11.4 Å². The van der Waals surface area contributed by atoms with Gasteiger partial charge in [-0.05, 0) is 23.1 Å². The summed E-state index contributed by atoms with van der Waals surface area (Å²) in [5.74, 6) is -0.306. The molecule has 0 atom stereocenters. The van der Waals surface area contributed by atoms with Gasteiger partial charge in [0, 0.05) is 33.1 Å². The lowest BCUT2D eigenvalue weighted by atomic mass is 9.87. The van der Waals surface area contributed by atoms with E-state index in [0.29, 0.717) is 26.2 Å². The van der Waals surface area contributed by atoms with Crippen LogP contribution in [0.4, 0.5) is 0 Å². The second kappa shape index (κ2) is 7.75. The van der Waals surface area contributed by atoms with Gasteiger partial charge in [0.1, 0.15) is 0 Å². The van der Waals surface area contributed by atoms with Crippen LogP contribution in [-0.4, -0.2) is 62.8 Å². The summed E-state index contributed by atoms with van der Waals surface area (Å²) in [6.07, 6.45) is 0. The number of benzene rings is 1. The average Bonchev–Trinajstić information content (AvgIpc) is 2.59. The second-order valence-electron chi connectivity index (χ2n) is 7.49. The van der Waals surface area contributed by atoms with Crippen LogP contribution in [0.25, 0.3) is 0 Å². The normalized spacial score (nSPS) is 15.8. The van der Waals surface area contributed by atoms with Crippen molar-refractivity contribution < 1.29 is 18.0 Å². The molecule has 1 aromatic carbocycles. The SMILES string of the molecule is CC(=O)N1CCN(C(=O)CNS(=O)(=O)c2ccc(C(C)(C)C)cc2)CC1. The van der Waals surface area contributed by atoms with Gasteiger partial charge < -0.3 is 9.80 Å². The molecule has 7 nitrogen and oxygen atoms in total. The zero-order valence-corrected chi connectivity index (χ0v) is 16.6. The Morgan fingerprint density at radius 3 is 1.96 bits per heavy atom. The minimum atomic E-state index is -3.74. The molecule has 2 amide bonds. The van der Waals surface area contributed by atoms with Crippen molar-refractivity contribution in [3.8, 4) is 0 Å². The first-order chi connectivity index (χ1) is 12.0. The van der Waals surface area contributed by atoms with Crippen LogP contribution in [0.2, 0.25) is 0 Å². The molecule has 1 fully saturated rings. The minimum absolute atomic E-state index is 0.0171. The topological polar surface area (TPSA) is 86.8 Å². The highest BCUT2D eigenvalue weighted by Crippen LogP contribution is 2.23. The van der Waals surface area contributed by atoms with Gasteiger partial charge in [0.2, 0.25) is 21.8 Å². The maximum atomic E-state index is 12.4. The number of sulfonamides is 1. The minimum Gasteiger partial charge on any atom is -0.339 e. The fourth-order valence-electron chi connectivity index (χ4n) is 2.76. The third-order valence-electron chi connectivity index (χ3n) is 4.52. The molecule has 0 unspecified atom stereocenters. The molecule has 1 aliphatic heterocycles. The largest absolute Gasteiger partial charge is 0.339 e. The Morgan fingerprint density at radius 1 is 1.00 bits per heavy atom. The Labute approximate surface area is 155 Å². The molecule has 1 aromatic rings. The van der Waals surface area contributed by atoms with Gasteiger partial charge in [-0.2, -0.15) is 0 Å². The molecule has 144 valence electrons. The lowest BCUT2D eigenvalue weighted by molar-refractivity contribution is -0.137. The van der Waals surface area contributed by atoms with Crippen LogP contribution in [0.5, 0.6) is 0 Å². The van der Waals surface area contributed by atoms with Gasteiger partial charge >= 0.3 is 0 Å². The molecule has 1 saturated heterocycles. The van der Waals surface area contributed by atoms with Crippen LogP contribution in [0.3, 0.4) is 0 Å². The number of hydrogen-bond donors (Lipinski definition) is 1. The molecule has 1 heterocycles. The molecule has 0 bridgehead atoms. The van der Waals surface area contributed by atoms with E-state index in [1.807, 2.05) is 0 Å². The Bertz CT molecular complexity index is 759. The Kier molecular flexibility index (Phi) is 6.08. The van der Waals surface area contributed by atoms with Crippen LogP contribution in [-0.2, 0) is 25.0 Å². The number of hydrogen-bond acceptors (Lipinski definition) is 4. The summed E-state index contributed by atoms with van der Waals surface area (Å²) >= 11 is 0. The van der Waals surface area contributed by atoms with E-state index in [4.69, 9.17) is 0 Å². The third-order valence-corrected chi connectivity index (χ3v) is 5.94. The number of piperazine rings is 1. The maximum absolute atomic E-state index is 12.4. The molecule has 0 radical (unpaired) electrons. The quantitative estimate of drug-likeness (QED) is 0.841. The molecule has 0 aliphatic carbocycles. The van der Waals surface area contributed by atoms with Gasteiger partial charge in [0.15, 0.2) is 0 Å². The molecule has 0 spiro atoms. The number of carbonyl (C=O) groups excluding carboxylic acids is 2. The third kappa shape index (κ3) is 5.04. The lowest BCUT2D eigenvalue weighted by Gasteiger charge is -2.34. The first-order valence-corrected chi connectivity index (χ1v) is 10.1. The van der Waals surface area contributed by atoms with Crippen LogP contribution in [0.1, 0.15) is 33.3 Å². The Hall–Kier alpha value is -1.93. The molecule has 0 aromatic heterocycles. The van der Waals surface area contributed by atoms with Crippen molar-refractivity contribution in [2.75, 3.05) is 32.7 Å². The van der Waals surface area contributed by atoms with Gasteiger partial charge in [0.25, 0.3) is 0 Å². The van der Waals surface area contributed by atoms with E-state index in [2.05, 4.69) is 25.5 Å². The Morgan fingerprint density at radius 2 is 1.50 bits per heavy atom. The number of rotatable bonds is 4. The van der Waals surface area contributed by atoms with E-state index in [0.717, 1.165) is 5.56 Å². The van der Waals surface area contributed by atoms with Gasteiger partial charge in [-0.15, -0.1) is 0 Å². The molecule has 26 heavy (non-hydrogen) atoms. The summed E-state index contributed by atoms with van der Waals surface area (Å²) in [4.78, 5) is 26.9. The van der Waals surface area contributed by atoms with Crippen LogP contribution in [0, 0.1) is 0 Å². The van der Waals surface area contributed by atoms with Crippen LogP contribution in [0.15, 0.2) is 29.2 Å². The van der Waals surface area contributed by atoms with Gasteiger partial charge in [-0.3, -0.25) is 9.59 Å². The summed E-state index contributed by atoms with van der Waals surface area (Å²) in [6.45, 7) is 9.16. The van der Waals surface area contributed by atoms with Crippen LogP contribution < -0.4 is 4.72 Å². The predicted molar refractivity (Wildman–Crippen MR) is 99.2 cm³/mol. The number of nitrogens with one attached hydrogen (secondary N) is 1. The lowest BCUT2D eigenvalue weighted by Crippen LogP contribution is -2.52. The van der Waals surface area contributed by atoms with Crippen molar-refractivity contribution in [2.45, 2.75) is 38.0 Å². The van der Waals surface area contributed by atoms with Crippen molar-refractivity contribution in [1.29, 1.82) is 0 Å². The fourth-order valence-corrected chi connectivity index (χ4v) is 3.73. The highest BCUT2D eigenvalue weighted by molar-refractivity contribution is 7.89. The molecule has 1 N–H and O–H groups in total. The van der Waals surface area contributed by atoms with Crippen molar-refractivity contribution in [1.82, 2.24) is 14.5 Å². The number of amides is 2. The van der Waals surface area contributed by atoms with Crippen molar-refractivity contribution >= 4 is 21.8 Å². The second-order valence-corrected chi connectivity index (χ2v) is 9.25. The standard InChI is InChI=1S/C18H27N3O4S/c1-14(22)20-9-11-21(12-10-20)17(23)13-19-26(24,25)16-7-5-15(6-8-16)18(2,3)4/h5-8,19H,9-13H2,1-4H3. The highest BCUT2D eigenvalue weighted by Gasteiger charge is 2.24. The molecular formula is C18H27N3O4S. The zero-order chi connectivity index (χ0) is 19.5. The van der Waals surface area contributed by atoms with Crippen molar-refractivity contribution in [2.24, 2.45) is 0 Å². The van der Waals surface area contributed by atoms with Crippen LogP contribution >= 0.6 is 0 Å². The molecule has 1 aliphatic rings. The van der Waals surface area contributed by atoms with E-state index < -0.39 is 10.0 Å². The molecule has 0 saturated carbocycles. The molecule has 2 rings (SSSR count). The predicted octanol–water partition coefficient (Wildman–Crippen LogP) is 0.953. The van der Waals surface area contributed by atoms with Crippen molar-refractivity contribution in [3.05, 3.63) is 29.8 Å². The first kappa shape index (κ1) is 20.4. The summed E-state index contributed by atoms with van der Waals surface area (Å²) in [7, 11) is -3.74. The molecule has 8 heteroatoms. The zero-order valence-electron chi connectivity index (χ0n) is 15.8. The summed E-state index contributed by atoms with van der Waals surface area (Å²) < 4.78 is 27.1. The monoisotopic (exact) mass is 381 g/mol. The van der Waals surface area contributed by atoms with E-state index in [9.17, 15) is 18.0 Å². The van der Waals surface area contributed by atoms with E-state index >= 15 is 0 Å². The summed E-state index contributed by atoms with van der Waals surface area (Å²) in [5, 5.41) is 0. The van der Waals surface area contributed by atoms with E-state index in [1.54, 1.807) is 34.1 Å². The summed E-state index contributed by atoms with van der Waals surface area (Å²) in [5.41, 5.74) is 0.976. The number of nitrogens with zero attached hydrogens (tertiary/aromatic N) is 2. The smallest absolute Gasteiger partial charge is 0.241 e. The average molecular weight is 381 g/mol. The van der Waals surface area contributed by atoms with Gasteiger partial charge in [-0.25, -0.2) is 13.1 Å². The maximum Gasteiger partial charge on any atom is 0.241 e. The fraction of sp³-hybridized carbons (Fsp3) is 0.556. The number of carbonyl (C=O) groups is 2. The Balaban J connectivity index is 1.93. The molecular weight excluding hydrogens is 354 g/mol.